The van der Waals surface area contributed by atoms with Gasteiger partial charge in [0.05, 0.1) is 17.3 Å². The molecule has 2 aromatic heterocycles. The Balaban J connectivity index is 1.96. The van der Waals surface area contributed by atoms with Crippen LogP contribution in [0.3, 0.4) is 0 Å². The molecule has 3 nitrogen and oxygen atoms in total. The second-order valence-corrected chi connectivity index (χ2v) is 7.29. The van der Waals surface area contributed by atoms with Crippen LogP contribution < -0.4 is 0 Å². The van der Waals surface area contributed by atoms with Gasteiger partial charge in [-0.25, -0.2) is 0 Å². The highest BCUT2D eigenvalue weighted by atomic mass is 16.3. The highest BCUT2D eigenvalue weighted by Crippen LogP contribution is 2.43. The summed E-state index contributed by atoms with van der Waals surface area (Å²) in [7, 11) is 0. The van der Waals surface area contributed by atoms with E-state index in [1.54, 1.807) is 6.20 Å². The van der Waals surface area contributed by atoms with Gasteiger partial charge in [-0.1, -0.05) is 42.0 Å². The summed E-state index contributed by atoms with van der Waals surface area (Å²) >= 11 is 0. The summed E-state index contributed by atoms with van der Waals surface area (Å²) in [6.07, 6.45) is 1.78. The van der Waals surface area contributed by atoms with E-state index in [9.17, 15) is 5.26 Å². The molecular weight excluding hydrogens is 356 g/mol. The molecule has 0 saturated carbocycles. The normalized spacial score (nSPS) is 11.1. The summed E-state index contributed by atoms with van der Waals surface area (Å²) in [5.74, 6) is 0. The fourth-order valence-corrected chi connectivity index (χ4v) is 4.08. The molecule has 0 N–H and O–H groups in total. The third-order valence-electron chi connectivity index (χ3n) is 5.38. The highest BCUT2D eigenvalue weighted by molar-refractivity contribution is 6.17. The first-order chi connectivity index (χ1) is 14.2. The Hall–Kier alpha value is -3.90. The number of fused-ring (bicyclic) bond motifs is 3. The van der Waals surface area contributed by atoms with Crippen LogP contribution in [0.15, 0.2) is 77.3 Å². The zero-order valence-corrected chi connectivity index (χ0v) is 16.2. The summed E-state index contributed by atoms with van der Waals surface area (Å²) < 4.78 is 6.32. The zero-order chi connectivity index (χ0) is 20.0. The Morgan fingerprint density at radius 2 is 1.66 bits per heavy atom. The van der Waals surface area contributed by atoms with Crippen molar-refractivity contribution in [1.82, 2.24) is 4.98 Å². The quantitative estimate of drug-likeness (QED) is 0.341. The Bertz CT molecular complexity index is 1420. The second kappa shape index (κ2) is 6.61. The van der Waals surface area contributed by atoms with Crippen molar-refractivity contribution in [3.05, 3.63) is 89.6 Å². The summed E-state index contributed by atoms with van der Waals surface area (Å²) in [5, 5.41) is 11.6. The minimum absolute atomic E-state index is 0.616. The number of pyridine rings is 1. The molecule has 5 aromatic rings. The molecule has 3 aromatic carbocycles. The molecule has 0 fully saturated rings. The minimum Gasteiger partial charge on any atom is -0.455 e. The maximum Gasteiger partial charge on any atom is 0.145 e. The first kappa shape index (κ1) is 17.2. The van der Waals surface area contributed by atoms with Gasteiger partial charge in [-0.05, 0) is 60.9 Å². The van der Waals surface area contributed by atoms with E-state index < -0.39 is 0 Å². The first-order valence-electron chi connectivity index (χ1n) is 9.55. The van der Waals surface area contributed by atoms with Crippen molar-refractivity contribution in [3.8, 4) is 28.5 Å². The van der Waals surface area contributed by atoms with Crippen molar-refractivity contribution in [3.63, 3.8) is 0 Å². The maximum atomic E-state index is 9.75. The van der Waals surface area contributed by atoms with Gasteiger partial charge in [-0.2, -0.15) is 5.26 Å². The summed E-state index contributed by atoms with van der Waals surface area (Å²) in [6, 6.07) is 24.4. The Morgan fingerprint density at radius 3 is 2.41 bits per heavy atom. The SMILES string of the molecule is Cc1ccc(-c2ccc(-c3ccccn3)c3oc4cccc(C#N)c4c23)c(C)c1. The van der Waals surface area contributed by atoms with Gasteiger partial charge < -0.3 is 4.42 Å². The molecule has 5 rings (SSSR count). The van der Waals surface area contributed by atoms with E-state index in [-0.39, 0.29) is 0 Å². The smallest absolute Gasteiger partial charge is 0.145 e. The molecule has 2 heterocycles. The highest BCUT2D eigenvalue weighted by Gasteiger charge is 2.20. The molecule has 0 aliphatic rings. The van der Waals surface area contributed by atoms with Gasteiger partial charge in [0.15, 0.2) is 0 Å². The lowest BCUT2D eigenvalue weighted by atomic mass is 9.92. The summed E-state index contributed by atoms with van der Waals surface area (Å²) in [4.78, 5) is 4.52. The van der Waals surface area contributed by atoms with Crippen LogP contribution >= 0.6 is 0 Å². The topological polar surface area (TPSA) is 49.8 Å². The summed E-state index contributed by atoms with van der Waals surface area (Å²) in [6.45, 7) is 4.21. The molecule has 0 amide bonds. The van der Waals surface area contributed by atoms with Crippen LogP contribution in [-0.4, -0.2) is 4.98 Å². The van der Waals surface area contributed by atoms with E-state index in [1.165, 1.54) is 11.1 Å². The fourth-order valence-electron chi connectivity index (χ4n) is 4.08. The molecule has 0 aliphatic heterocycles. The monoisotopic (exact) mass is 374 g/mol. The van der Waals surface area contributed by atoms with Crippen molar-refractivity contribution in [2.24, 2.45) is 0 Å². The van der Waals surface area contributed by atoms with Crippen molar-refractivity contribution in [2.45, 2.75) is 13.8 Å². The van der Waals surface area contributed by atoms with E-state index >= 15 is 0 Å². The third-order valence-corrected chi connectivity index (χ3v) is 5.38. The lowest BCUT2D eigenvalue weighted by molar-refractivity contribution is 0.670. The van der Waals surface area contributed by atoms with E-state index in [0.29, 0.717) is 11.1 Å². The number of aryl methyl sites for hydroxylation is 2. The molecule has 3 heteroatoms. The molecule has 0 spiro atoms. The average Bonchev–Trinajstić information content (AvgIpc) is 3.14. The van der Waals surface area contributed by atoms with Crippen LogP contribution in [0.1, 0.15) is 16.7 Å². The van der Waals surface area contributed by atoms with Gasteiger partial charge in [0.2, 0.25) is 0 Å². The average molecular weight is 374 g/mol. The number of hydrogen-bond donors (Lipinski definition) is 0. The van der Waals surface area contributed by atoms with Crippen molar-refractivity contribution in [1.29, 1.82) is 5.26 Å². The Kier molecular flexibility index (Phi) is 3.93. The largest absolute Gasteiger partial charge is 0.455 e. The van der Waals surface area contributed by atoms with E-state index in [2.05, 4.69) is 55.2 Å². The van der Waals surface area contributed by atoms with Gasteiger partial charge in [-0.15, -0.1) is 0 Å². The van der Waals surface area contributed by atoms with Crippen LogP contribution in [0.25, 0.3) is 44.3 Å². The molecule has 0 saturated heterocycles. The molecule has 0 bridgehead atoms. The lowest BCUT2D eigenvalue weighted by Gasteiger charge is -2.11. The number of nitrogens with zero attached hydrogens (tertiary/aromatic N) is 2. The van der Waals surface area contributed by atoms with Gasteiger partial charge in [0.1, 0.15) is 11.2 Å². The van der Waals surface area contributed by atoms with Crippen molar-refractivity contribution >= 4 is 21.9 Å². The van der Waals surface area contributed by atoms with Crippen LogP contribution in [0, 0.1) is 25.2 Å². The second-order valence-electron chi connectivity index (χ2n) is 7.29. The molecule has 29 heavy (non-hydrogen) atoms. The predicted molar refractivity (Wildman–Crippen MR) is 117 cm³/mol. The number of benzene rings is 3. The zero-order valence-electron chi connectivity index (χ0n) is 16.2. The number of nitriles is 1. The van der Waals surface area contributed by atoms with E-state index in [1.807, 2.05) is 36.4 Å². The molecule has 0 aliphatic carbocycles. The molecule has 0 radical (unpaired) electrons. The summed E-state index contributed by atoms with van der Waals surface area (Å²) in [5.41, 5.74) is 8.50. The van der Waals surface area contributed by atoms with Gasteiger partial charge in [0, 0.05) is 22.5 Å². The number of hydrogen-bond acceptors (Lipinski definition) is 3. The third kappa shape index (κ3) is 2.69. The van der Waals surface area contributed by atoms with E-state index in [4.69, 9.17) is 4.42 Å². The van der Waals surface area contributed by atoms with Gasteiger partial charge in [0.25, 0.3) is 0 Å². The maximum absolute atomic E-state index is 9.75. The van der Waals surface area contributed by atoms with E-state index in [0.717, 1.165) is 38.7 Å². The Labute approximate surface area is 168 Å². The molecule has 0 atom stereocenters. The predicted octanol–water partition coefficient (Wildman–Crippen LogP) is 6.80. The van der Waals surface area contributed by atoms with Crippen LogP contribution in [0.2, 0.25) is 0 Å². The molecular formula is C26H18N2O. The van der Waals surface area contributed by atoms with Crippen molar-refractivity contribution < 1.29 is 4.42 Å². The van der Waals surface area contributed by atoms with Crippen LogP contribution in [0.5, 0.6) is 0 Å². The molecule has 138 valence electrons. The lowest BCUT2D eigenvalue weighted by Crippen LogP contribution is -1.89. The number of furan rings is 1. The Morgan fingerprint density at radius 1 is 0.828 bits per heavy atom. The van der Waals surface area contributed by atoms with Crippen molar-refractivity contribution in [2.75, 3.05) is 0 Å². The molecule has 0 unspecified atom stereocenters. The number of rotatable bonds is 2. The van der Waals surface area contributed by atoms with Gasteiger partial charge in [-0.3, -0.25) is 4.98 Å². The number of aromatic nitrogens is 1. The fraction of sp³-hybridized carbons (Fsp3) is 0.0769. The van der Waals surface area contributed by atoms with Crippen LogP contribution in [-0.2, 0) is 0 Å². The van der Waals surface area contributed by atoms with Crippen LogP contribution in [0.4, 0.5) is 0 Å². The minimum atomic E-state index is 0.616. The first-order valence-corrected chi connectivity index (χ1v) is 9.55. The van der Waals surface area contributed by atoms with Gasteiger partial charge >= 0.3 is 0 Å². The standard InChI is InChI=1S/C26H18N2O/c1-16-9-10-19(17(2)14-16)20-11-12-21(22-7-3-4-13-28-22)26-25(20)24-18(15-27)6-5-8-23(24)29-26/h3-14H,1-2H3.